The molecule has 0 aliphatic carbocycles. The summed E-state index contributed by atoms with van der Waals surface area (Å²) in [5, 5.41) is 2.97. The Hall–Kier alpha value is -3.45. The van der Waals surface area contributed by atoms with Gasteiger partial charge in [0.2, 0.25) is 12.7 Å². The fourth-order valence-corrected chi connectivity index (χ4v) is 5.27. The Morgan fingerprint density at radius 3 is 2.63 bits per heavy atom. The number of fused-ring (bicyclic) bond motifs is 2. The molecule has 2 aliphatic heterocycles. The third kappa shape index (κ3) is 5.00. The second-order valence-electron chi connectivity index (χ2n) is 9.13. The lowest BCUT2D eigenvalue weighted by atomic mass is 10.0. The number of amides is 2. The smallest absolute Gasteiger partial charge is 0.252 e. The van der Waals surface area contributed by atoms with Gasteiger partial charge in [0, 0.05) is 22.8 Å². The summed E-state index contributed by atoms with van der Waals surface area (Å²) in [6, 6.07) is 20.9. The van der Waals surface area contributed by atoms with Crippen LogP contribution in [0.15, 0.2) is 71.6 Å². The van der Waals surface area contributed by atoms with Crippen LogP contribution in [0, 0.1) is 5.92 Å². The zero-order chi connectivity index (χ0) is 24.4. The molecule has 1 N–H and O–H groups in total. The van der Waals surface area contributed by atoms with Crippen LogP contribution in [0.5, 0.6) is 11.5 Å². The average Bonchev–Trinajstić information content (AvgIpc) is 3.30. The van der Waals surface area contributed by atoms with Gasteiger partial charge in [-0.05, 0) is 53.8 Å². The van der Waals surface area contributed by atoms with Crippen molar-refractivity contribution < 1.29 is 19.1 Å². The zero-order valence-electron chi connectivity index (χ0n) is 19.8. The fraction of sp³-hybridized carbons (Fsp3) is 0.286. The van der Waals surface area contributed by atoms with Crippen LogP contribution in [0.1, 0.15) is 30.6 Å². The Morgan fingerprint density at radius 1 is 1.03 bits per heavy atom. The third-order valence-electron chi connectivity index (χ3n) is 6.20. The molecule has 7 heteroatoms. The molecule has 35 heavy (non-hydrogen) atoms. The summed E-state index contributed by atoms with van der Waals surface area (Å²) in [6.07, 6.45) is 0.869. The highest BCUT2D eigenvalue weighted by Gasteiger charge is 2.32. The van der Waals surface area contributed by atoms with E-state index in [1.165, 1.54) is 0 Å². The van der Waals surface area contributed by atoms with E-state index in [2.05, 4.69) is 49.5 Å². The van der Waals surface area contributed by atoms with E-state index in [1.807, 2.05) is 23.1 Å². The van der Waals surface area contributed by atoms with Crippen molar-refractivity contribution in [2.45, 2.75) is 31.2 Å². The van der Waals surface area contributed by atoms with Gasteiger partial charge in [0.1, 0.15) is 6.04 Å². The molecule has 2 amide bonds. The Bertz CT molecular complexity index is 1240. The summed E-state index contributed by atoms with van der Waals surface area (Å²) in [5.74, 6) is 1.68. The molecule has 0 spiro atoms. The number of benzene rings is 3. The van der Waals surface area contributed by atoms with E-state index in [-0.39, 0.29) is 18.6 Å². The quantitative estimate of drug-likeness (QED) is 0.506. The number of hydrogen-bond acceptors (Lipinski definition) is 5. The maximum absolute atomic E-state index is 13.8. The lowest BCUT2D eigenvalue weighted by Gasteiger charge is -2.27. The van der Waals surface area contributed by atoms with Gasteiger partial charge in [0.15, 0.2) is 11.5 Å². The number of nitrogens with one attached hydrogen (secondary N) is 1. The first-order valence-corrected chi connectivity index (χ1v) is 12.8. The van der Waals surface area contributed by atoms with Gasteiger partial charge < -0.3 is 19.7 Å². The molecule has 0 saturated carbocycles. The number of ether oxygens (including phenoxy) is 2. The van der Waals surface area contributed by atoms with Crippen molar-refractivity contribution in [3.63, 3.8) is 0 Å². The molecule has 3 aromatic carbocycles. The molecular formula is C28H28N2O4S. The van der Waals surface area contributed by atoms with Crippen molar-refractivity contribution in [3.8, 4) is 22.6 Å². The predicted octanol–water partition coefficient (Wildman–Crippen LogP) is 5.37. The van der Waals surface area contributed by atoms with Crippen LogP contribution in [0.2, 0.25) is 0 Å². The summed E-state index contributed by atoms with van der Waals surface area (Å²) in [6.45, 7) is 5.04. The van der Waals surface area contributed by atoms with Gasteiger partial charge in [-0.15, -0.1) is 11.8 Å². The molecule has 5 rings (SSSR count). The molecule has 1 atom stereocenters. The van der Waals surface area contributed by atoms with E-state index in [9.17, 15) is 9.59 Å². The summed E-state index contributed by atoms with van der Waals surface area (Å²) in [4.78, 5) is 29.7. The minimum Gasteiger partial charge on any atom is -0.454 e. The Morgan fingerprint density at radius 2 is 1.83 bits per heavy atom. The Kier molecular flexibility index (Phi) is 6.68. The first-order chi connectivity index (χ1) is 17.0. The molecule has 0 bridgehead atoms. The number of carbonyl (C=O) groups excluding carboxylic acids is 2. The molecule has 0 aromatic heterocycles. The molecule has 2 aliphatic rings. The summed E-state index contributed by atoms with van der Waals surface area (Å²) >= 11 is 1.60. The van der Waals surface area contributed by atoms with Crippen LogP contribution >= 0.6 is 11.8 Å². The fourth-order valence-electron chi connectivity index (χ4n) is 4.21. The molecule has 1 unspecified atom stereocenters. The molecular weight excluding hydrogens is 460 g/mol. The number of hydrogen-bond donors (Lipinski definition) is 1. The predicted molar refractivity (Wildman–Crippen MR) is 138 cm³/mol. The first kappa shape index (κ1) is 23.3. The van der Waals surface area contributed by atoms with Gasteiger partial charge in [-0.1, -0.05) is 50.2 Å². The number of nitrogens with zero attached hydrogens (tertiary/aromatic N) is 1. The van der Waals surface area contributed by atoms with Crippen LogP contribution in [0.4, 0.5) is 5.69 Å². The van der Waals surface area contributed by atoms with Crippen LogP contribution < -0.4 is 19.7 Å². The van der Waals surface area contributed by atoms with Crippen molar-refractivity contribution >= 4 is 29.3 Å². The van der Waals surface area contributed by atoms with E-state index < -0.39 is 6.04 Å². The summed E-state index contributed by atoms with van der Waals surface area (Å²) < 4.78 is 10.7. The average molecular weight is 489 g/mol. The minimum atomic E-state index is -0.641. The van der Waals surface area contributed by atoms with Gasteiger partial charge in [-0.3, -0.25) is 9.59 Å². The van der Waals surface area contributed by atoms with Crippen LogP contribution in [-0.2, 0) is 4.79 Å². The zero-order valence-corrected chi connectivity index (χ0v) is 20.6. The maximum atomic E-state index is 13.8. The van der Waals surface area contributed by atoms with Crippen molar-refractivity contribution in [1.82, 2.24) is 5.32 Å². The lowest BCUT2D eigenvalue weighted by molar-refractivity contribution is -0.119. The van der Waals surface area contributed by atoms with Gasteiger partial charge in [0.25, 0.3) is 5.91 Å². The van der Waals surface area contributed by atoms with E-state index in [0.717, 1.165) is 28.1 Å². The molecule has 0 saturated heterocycles. The van der Waals surface area contributed by atoms with E-state index in [4.69, 9.17) is 9.47 Å². The topological polar surface area (TPSA) is 67.9 Å². The normalized spacial score (nSPS) is 16.7. The molecule has 6 nitrogen and oxygen atoms in total. The van der Waals surface area contributed by atoms with Crippen molar-refractivity contribution in [2.75, 3.05) is 24.0 Å². The number of anilines is 1. The largest absolute Gasteiger partial charge is 0.454 e. The van der Waals surface area contributed by atoms with Crippen LogP contribution in [-0.4, -0.2) is 36.9 Å². The second kappa shape index (κ2) is 10.0. The highest BCUT2D eigenvalue weighted by atomic mass is 32.2. The van der Waals surface area contributed by atoms with Crippen LogP contribution in [0.25, 0.3) is 11.1 Å². The van der Waals surface area contributed by atoms with Gasteiger partial charge in [-0.25, -0.2) is 0 Å². The Labute approximate surface area is 209 Å². The van der Waals surface area contributed by atoms with Crippen molar-refractivity contribution in [1.29, 1.82) is 0 Å². The van der Waals surface area contributed by atoms with Gasteiger partial charge in [-0.2, -0.15) is 0 Å². The lowest BCUT2D eigenvalue weighted by Crippen LogP contribution is -2.49. The summed E-state index contributed by atoms with van der Waals surface area (Å²) in [5.41, 5.74) is 3.51. The standard InChI is InChI=1S/C28H28N2O4S/c1-18(2)12-13-30-23-14-20(19-6-4-3-5-7-19)9-11-26(23)35-16-22(28(30)32)29-27(31)21-8-10-24-25(15-21)34-17-33-24/h3-11,14-15,18,22H,12-13,16-17H2,1-2H3,(H,29,31). The number of rotatable bonds is 6. The van der Waals surface area contributed by atoms with E-state index >= 15 is 0 Å². The molecule has 3 aromatic rings. The number of carbonyl (C=O) groups is 2. The van der Waals surface area contributed by atoms with Crippen molar-refractivity contribution in [3.05, 3.63) is 72.3 Å². The molecule has 0 fully saturated rings. The monoisotopic (exact) mass is 488 g/mol. The van der Waals surface area contributed by atoms with Crippen molar-refractivity contribution in [2.24, 2.45) is 5.92 Å². The maximum Gasteiger partial charge on any atom is 0.252 e. The molecule has 2 heterocycles. The summed E-state index contributed by atoms with van der Waals surface area (Å²) in [7, 11) is 0. The van der Waals surface area contributed by atoms with E-state index in [1.54, 1.807) is 30.0 Å². The highest BCUT2D eigenvalue weighted by Crippen LogP contribution is 2.38. The van der Waals surface area contributed by atoms with Gasteiger partial charge in [0.05, 0.1) is 5.69 Å². The minimum absolute atomic E-state index is 0.0868. The Balaban J connectivity index is 1.42. The highest BCUT2D eigenvalue weighted by molar-refractivity contribution is 7.99. The molecule has 180 valence electrons. The number of thioether (sulfide) groups is 1. The van der Waals surface area contributed by atoms with Crippen LogP contribution in [0.3, 0.4) is 0 Å². The van der Waals surface area contributed by atoms with Gasteiger partial charge >= 0.3 is 0 Å². The van der Waals surface area contributed by atoms with E-state index in [0.29, 0.717) is 35.3 Å². The second-order valence-corrected chi connectivity index (χ2v) is 10.2. The molecule has 0 radical (unpaired) electrons. The third-order valence-corrected chi connectivity index (χ3v) is 7.35. The SMILES string of the molecule is CC(C)CCN1C(=O)C(NC(=O)c2ccc3c(c2)OCO3)CSc2ccc(-c3ccccc3)cc21. The first-order valence-electron chi connectivity index (χ1n) is 11.8.